The molecule has 1 spiro atoms. The van der Waals surface area contributed by atoms with E-state index in [-0.39, 0.29) is 17.1 Å². The van der Waals surface area contributed by atoms with Crippen molar-refractivity contribution in [2.75, 3.05) is 0 Å². The first-order valence-electron chi connectivity index (χ1n) is 11.8. The Labute approximate surface area is 177 Å². The van der Waals surface area contributed by atoms with Crippen LogP contribution in [0, 0.1) is 40.4 Å². The SMILES string of the molecule is CC12CCCCC1CCC1C2CCC23CCC=C(OS(=O)(=O)C(F)(F)F)C2CCC13. The summed E-state index contributed by atoms with van der Waals surface area (Å²) in [4.78, 5) is 0. The number of alkyl halides is 3. The summed E-state index contributed by atoms with van der Waals surface area (Å²) < 4.78 is 67.0. The van der Waals surface area contributed by atoms with Gasteiger partial charge < -0.3 is 4.18 Å². The summed E-state index contributed by atoms with van der Waals surface area (Å²) in [5, 5.41) is 0. The van der Waals surface area contributed by atoms with Crippen LogP contribution in [0.3, 0.4) is 0 Å². The van der Waals surface area contributed by atoms with Crippen LogP contribution >= 0.6 is 0 Å². The molecule has 5 aliphatic carbocycles. The van der Waals surface area contributed by atoms with E-state index >= 15 is 0 Å². The maximum Gasteiger partial charge on any atom is 0.534 e. The van der Waals surface area contributed by atoms with E-state index in [4.69, 9.17) is 4.18 Å². The number of hydrogen-bond donors (Lipinski definition) is 0. The van der Waals surface area contributed by atoms with Gasteiger partial charge >= 0.3 is 15.6 Å². The van der Waals surface area contributed by atoms with Gasteiger partial charge in [0, 0.05) is 5.92 Å². The third kappa shape index (κ3) is 2.92. The van der Waals surface area contributed by atoms with Crippen molar-refractivity contribution in [3.8, 4) is 0 Å². The van der Waals surface area contributed by atoms with E-state index in [2.05, 4.69) is 6.92 Å². The predicted octanol–water partition coefficient (Wildman–Crippen LogP) is 6.56. The lowest BCUT2D eigenvalue weighted by Crippen LogP contribution is -2.54. The Hall–Kier alpha value is -0.720. The first kappa shape index (κ1) is 21.1. The zero-order valence-corrected chi connectivity index (χ0v) is 18.5. The number of fused-ring (bicyclic) bond motifs is 4. The van der Waals surface area contributed by atoms with Gasteiger partial charge in [-0.1, -0.05) is 19.8 Å². The molecule has 170 valence electrons. The molecule has 0 aromatic rings. The first-order valence-corrected chi connectivity index (χ1v) is 13.2. The molecule has 3 nitrogen and oxygen atoms in total. The fraction of sp³-hybridized carbons (Fsp3) is 0.913. The van der Waals surface area contributed by atoms with E-state index in [0.29, 0.717) is 23.7 Å². The monoisotopic (exact) mass is 446 g/mol. The highest BCUT2D eigenvalue weighted by atomic mass is 32.2. The van der Waals surface area contributed by atoms with Gasteiger partial charge in [0.25, 0.3) is 0 Å². The molecule has 0 aliphatic heterocycles. The zero-order valence-electron chi connectivity index (χ0n) is 17.7. The molecule has 0 amide bonds. The normalized spacial score (nSPS) is 46.1. The van der Waals surface area contributed by atoms with Crippen LogP contribution in [0.1, 0.15) is 84.0 Å². The molecular weight excluding hydrogens is 413 g/mol. The van der Waals surface area contributed by atoms with Crippen molar-refractivity contribution in [2.45, 2.75) is 89.5 Å². The second-order valence-electron chi connectivity index (χ2n) is 10.9. The lowest BCUT2D eigenvalue weighted by Gasteiger charge is -2.61. The molecule has 4 saturated carbocycles. The topological polar surface area (TPSA) is 43.4 Å². The van der Waals surface area contributed by atoms with Gasteiger partial charge in [0.05, 0.1) is 0 Å². The summed E-state index contributed by atoms with van der Waals surface area (Å²) in [6.45, 7) is 2.52. The van der Waals surface area contributed by atoms with E-state index in [9.17, 15) is 21.6 Å². The van der Waals surface area contributed by atoms with Crippen LogP contribution in [-0.2, 0) is 14.3 Å². The highest BCUT2D eigenvalue weighted by Crippen LogP contribution is 2.70. The summed E-state index contributed by atoms with van der Waals surface area (Å²) in [7, 11) is -5.59. The smallest absolute Gasteiger partial charge is 0.381 e. The van der Waals surface area contributed by atoms with Crippen molar-refractivity contribution in [2.24, 2.45) is 40.4 Å². The van der Waals surface area contributed by atoms with Crippen molar-refractivity contribution in [1.29, 1.82) is 0 Å². The van der Waals surface area contributed by atoms with Crippen molar-refractivity contribution in [1.82, 2.24) is 0 Å². The maximum atomic E-state index is 12.9. The van der Waals surface area contributed by atoms with Crippen LogP contribution in [-0.4, -0.2) is 13.9 Å². The molecule has 0 heterocycles. The largest absolute Gasteiger partial charge is 0.534 e. The van der Waals surface area contributed by atoms with Gasteiger partial charge in [-0.2, -0.15) is 21.6 Å². The molecule has 30 heavy (non-hydrogen) atoms. The van der Waals surface area contributed by atoms with E-state index in [1.807, 2.05) is 0 Å². The van der Waals surface area contributed by atoms with E-state index in [1.165, 1.54) is 38.5 Å². The molecule has 0 bridgehead atoms. The minimum Gasteiger partial charge on any atom is -0.381 e. The van der Waals surface area contributed by atoms with E-state index < -0.39 is 15.6 Å². The molecule has 7 unspecified atom stereocenters. The van der Waals surface area contributed by atoms with Crippen LogP contribution in [0.15, 0.2) is 11.8 Å². The molecule has 5 aliphatic rings. The first-order chi connectivity index (χ1) is 14.1. The molecule has 4 fully saturated rings. The Balaban J connectivity index is 1.42. The number of hydrogen-bond acceptors (Lipinski definition) is 3. The van der Waals surface area contributed by atoms with Crippen LogP contribution in [0.4, 0.5) is 13.2 Å². The van der Waals surface area contributed by atoms with E-state index in [0.717, 1.165) is 43.9 Å². The van der Waals surface area contributed by atoms with Crippen LogP contribution in [0.5, 0.6) is 0 Å². The quantitative estimate of drug-likeness (QED) is 0.356. The zero-order chi connectivity index (χ0) is 21.4. The fourth-order valence-corrected chi connectivity index (χ4v) is 9.44. The van der Waals surface area contributed by atoms with Crippen LogP contribution < -0.4 is 0 Å². The van der Waals surface area contributed by atoms with Gasteiger partial charge in [-0.15, -0.1) is 0 Å². The number of allylic oxidation sites excluding steroid dienone is 2. The molecule has 0 aromatic heterocycles. The second-order valence-corrected chi connectivity index (χ2v) is 12.5. The second kappa shape index (κ2) is 6.89. The summed E-state index contributed by atoms with van der Waals surface area (Å²) >= 11 is 0. The Kier molecular flexibility index (Phi) is 4.85. The molecular formula is C23H33F3O3S. The minimum atomic E-state index is -5.59. The molecule has 0 radical (unpaired) electrons. The van der Waals surface area contributed by atoms with E-state index in [1.54, 1.807) is 6.08 Å². The lowest BCUT2D eigenvalue weighted by molar-refractivity contribution is -0.118. The Morgan fingerprint density at radius 3 is 2.53 bits per heavy atom. The molecule has 7 atom stereocenters. The summed E-state index contributed by atoms with van der Waals surface area (Å²) in [5.41, 5.74) is -5.02. The Morgan fingerprint density at radius 2 is 1.77 bits per heavy atom. The highest BCUT2D eigenvalue weighted by Gasteiger charge is 2.63. The average Bonchev–Trinajstić information content (AvgIpc) is 3.07. The van der Waals surface area contributed by atoms with Gasteiger partial charge in [0.15, 0.2) is 0 Å². The number of rotatable bonds is 2. The van der Waals surface area contributed by atoms with Crippen molar-refractivity contribution in [3.05, 3.63) is 11.8 Å². The number of halogens is 3. The molecule has 7 heteroatoms. The summed E-state index contributed by atoms with van der Waals surface area (Å²) in [6.07, 6.45) is 15.0. The Bertz CT molecular complexity index is 835. The Morgan fingerprint density at radius 1 is 0.967 bits per heavy atom. The minimum absolute atomic E-state index is 0.0652. The molecule has 0 aromatic carbocycles. The van der Waals surface area contributed by atoms with Gasteiger partial charge in [-0.25, -0.2) is 0 Å². The van der Waals surface area contributed by atoms with Gasteiger partial charge in [-0.05, 0) is 105 Å². The molecule has 0 saturated heterocycles. The van der Waals surface area contributed by atoms with Gasteiger partial charge in [-0.3, -0.25) is 0 Å². The van der Waals surface area contributed by atoms with Crippen LogP contribution in [0.25, 0.3) is 0 Å². The standard InChI is InChI=1S/C23H33F3O3S/c1-21-12-3-2-5-15(21)7-8-16-17(21)11-14-22-13-4-6-20(19(22)10-9-18(16)22)29-30(27,28)23(24,25)26/h6,15-19H,2-5,7-14H2,1H3. The summed E-state index contributed by atoms with van der Waals surface area (Å²) in [5.74, 6) is 2.60. The average molecular weight is 447 g/mol. The summed E-state index contributed by atoms with van der Waals surface area (Å²) in [6, 6.07) is 0. The third-order valence-corrected chi connectivity index (χ3v) is 11.1. The van der Waals surface area contributed by atoms with Gasteiger partial charge in [0.2, 0.25) is 0 Å². The fourth-order valence-electron chi connectivity index (χ4n) is 8.91. The highest BCUT2D eigenvalue weighted by molar-refractivity contribution is 7.87. The molecule has 5 rings (SSSR count). The predicted molar refractivity (Wildman–Crippen MR) is 108 cm³/mol. The van der Waals surface area contributed by atoms with Crippen molar-refractivity contribution < 1.29 is 25.8 Å². The van der Waals surface area contributed by atoms with Crippen molar-refractivity contribution in [3.63, 3.8) is 0 Å². The third-order valence-electron chi connectivity index (χ3n) is 10.1. The van der Waals surface area contributed by atoms with Crippen molar-refractivity contribution >= 4 is 10.1 Å². The van der Waals surface area contributed by atoms with Crippen LogP contribution in [0.2, 0.25) is 0 Å². The maximum absolute atomic E-state index is 12.9. The molecule has 0 N–H and O–H groups in total. The lowest BCUT2D eigenvalue weighted by atomic mass is 9.44. The van der Waals surface area contributed by atoms with Gasteiger partial charge in [0.1, 0.15) is 5.76 Å².